The van der Waals surface area contributed by atoms with E-state index in [1.807, 2.05) is 19.1 Å². The van der Waals surface area contributed by atoms with Crippen molar-refractivity contribution in [3.05, 3.63) is 58.3 Å². The van der Waals surface area contributed by atoms with Crippen molar-refractivity contribution in [2.45, 2.75) is 13.0 Å². The Bertz CT molecular complexity index is 540. The fourth-order valence-electron chi connectivity index (χ4n) is 1.51. The summed E-state index contributed by atoms with van der Waals surface area (Å²) in [4.78, 5) is 0. The molecular formula is C14H13BrFNO. The zero-order chi connectivity index (χ0) is 13.1. The second-order valence-electron chi connectivity index (χ2n) is 4.03. The van der Waals surface area contributed by atoms with Crippen molar-refractivity contribution in [1.82, 2.24) is 0 Å². The molecule has 1 unspecified atom stereocenters. The molecule has 0 saturated carbocycles. The van der Waals surface area contributed by atoms with Gasteiger partial charge in [-0.25, -0.2) is 4.39 Å². The second kappa shape index (κ2) is 5.50. The normalized spacial score (nSPS) is 12.2. The third-order valence-corrected chi connectivity index (χ3v) is 3.05. The average molecular weight is 310 g/mol. The van der Waals surface area contributed by atoms with Gasteiger partial charge in [0.1, 0.15) is 5.75 Å². The number of benzene rings is 2. The monoisotopic (exact) mass is 309 g/mol. The summed E-state index contributed by atoms with van der Waals surface area (Å²) in [6.07, 6.45) is 0. The van der Waals surface area contributed by atoms with Crippen LogP contribution in [0.5, 0.6) is 11.5 Å². The molecule has 4 heteroatoms. The molecule has 0 aromatic heterocycles. The molecule has 0 bridgehead atoms. The summed E-state index contributed by atoms with van der Waals surface area (Å²) < 4.78 is 20.2. The summed E-state index contributed by atoms with van der Waals surface area (Å²) in [5, 5.41) is 0. The van der Waals surface area contributed by atoms with E-state index in [0.29, 0.717) is 5.75 Å². The van der Waals surface area contributed by atoms with E-state index in [0.717, 1.165) is 10.0 Å². The van der Waals surface area contributed by atoms with E-state index in [9.17, 15) is 4.39 Å². The van der Waals surface area contributed by atoms with Gasteiger partial charge in [0.2, 0.25) is 0 Å². The third kappa shape index (κ3) is 3.09. The first-order valence-corrected chi connectivity index (χ1v) is 6.34. The summed E-state index contributed by atoms with van der Waals surface area (Å²) >= 11 is 3.33. The molecule has 2 nitrogen and oxygen atoms in total. The molecule has 0 amide bonds. The molecule has 0 heterocycles. The van der Waals surface area contributed by atoms with Crippen LogP contribution in [-0.2, 0) is 0 Å². The minimum absolute atomic E-state index is 0.193. The minimum Gasteiger partial charge on any atom is -0.454 e. The Kier molecular flexibility index (Phi) is 3.99. The number of halogens is 2. The van der Waals surface area contributed by atoms with Gasteiger partial charge in [0.25, 0.3) is 0 Å². The lowest BCUT2D eigenvalue weighted by Gasteiger charge is -2.10. The minimum atomic E-state index is -0.410. The summed E-state index contributed by atoms with van der Waals surface area (Å²) in [5.74, 6) is 0.375. The Hall–Kier alpha value is -1.39. The van der Waals surface area contributed by atoms with Crippen LogP contribution in [0.15, 0.2) is 46.9 Å². The van der Waals surface area contributed by atoms with Crippen molar-refractivity contribution >= 4 is 15.9 Å². The number of hydrogen-bond acceptors (Lipinski definition) is 2. The Labute approximate surface area is 114 Å². The van der Waals surface area contributed by atoms with E-state index >= 15 is 0 Å². The molecule has 18 heavy (non-hydrogen) atoms. The predicted octanol–water partition coefficient (Wildman–Crippen LogP) is 4.40. The van der Waals surface area contributed by atoms with Gasteiger partial charge in [-0.15, -0.1) is 0 Å². The lowest BCUT2D eigenvalue weighted by Crippen LogP contribution is -2.05. The highest BCUT2D eigenvalue weighted by Gasteiger charge is 2.08. The number of hydrogen-bond donors (Lipinski definition) is 1. The summed E-state index contributed by atoms with van der Waals surface area (Å²) in [5.41, 5.74) is 6.44. The Morgan fingerprint density at radius 2 is 1.83 bits per heavy atom. The Morgan fingerprint density at radius 1 is 1.17 bits per heavy atom. The second-order valence-corrected chi connectivity index (χ2v) is 4.95. The molecule has 0 radical (unpaired) electrons. The van der Waals surface area contributed by atoms with Gasteiger partial charge in [0, 0.05) is 10.5 Å². The van der Waals surface area contributed by atoms with E-state index in [-0.39, 0.29) is 11.8 Å². The van der Waals surface area contributed by atoms with Crippen molar-refractivity contribution < 1.29 is 9.13 Å². The van der Waals surface area contributed by atoms with Gasteiger partial charge in [-0.05, 0) is 48.9 Å². The molecule has 2 rings (SSSR count). The van der Waals surface area contributed by atoms with E-state index in [4.69, 9.17) is 10.5 Å². The van der Waals surface area contributed by atoms with Gasteiger partial charge in [-0.3, -0.25) is 0 Å². The van der Waals surface area contributed by atoms with Crippen molar-refractivity contribution in [2.24, 2.45) is 5.73 Å². The molecule has 2 N–H and O–H groups in total. The molecule has 0 aliphatic heterocycles. The fraction of sp³-hybridized carbons (Fsp3) is 0.143. The van der Waals surface area contributed by atoms with Crippen LogP contribution in [0.1, 0.15) is 18.5 Å². The van der Waals surface area contributed by atoms with Crippen LogP contribution >= 0.6 is 15.9 Å². The quantitative estimate of drug-likeness (QED) is 0.912. The maximum Gasteiger partial charge on any atom is 0.166 e. The first-order valence-electron chi connectivity index (χ1n) is 5.54. The Morgan fingerprint density at radius 3 is 2.39 bits per heavy atom. The van der Waals surface area contributed by atoms with Crippen LogP contribution in [0.3, 0.4) is 0 Å². The van der Waals surface area contributed by atoms with Crippen molar-refractivity contribution in [3.63, 3.8) is 0 Å². The van der Waals surface area contributed by atoms with Crippen LogP contribution in [0, 0.1) is 5.82 Å². The zero-order valence-electron chi connectivity index (χ0n) is 9.86. The number of ether oxygens (including phenoxy) is 1. The molecule has 2 aromatic rings. The van der Waals surface area contributed by atoms with Crippen molar-refractivity contribution in [1.29, 1.82) is 0 Å². The molecule has 0 aliphatic rings. The molecular weight excluding hydrogens is 297 g/mol. The fourth-order valence-corrected chi connectivity index (χ4v) is 1.78. The lowest BCUT2D eigenvalue weighted by molar-refractivity contribution is 0.441. The topological polar surface area (TPSA) is 35.2 Å². The Balaban J connectivity index is 2.22. The maximum atomic E-state index is 13.8. The third-order valence-electron chi connectivity index (χ3n) is 2.52. The molecule has 1 atom stereocenters. The number of rotatable bonds is 3. The van der Waals surface area contributed by atoms with Gasteiger partial charge in [0.15, 0.2) is 11.6 Å². The van der Waals surface area contributed by atoms with Gasteiger partial charge in [0.05, 0.1) is 0 Å². The smallest absolute Gasteiger partial charge is 0.166 e. The number of nitrogens with two attached hydrogens (primary N) is 1. The van der Waals surface area contributed by atoms with Crippen LogP contribution < -0.4 is 10.5 Å². The van der Waals surface area contributed by atoms with E-state index in [1.54, 1.807) is 24.3 Å². The SMILES string of the molecule is CC(N)c1ccc(Oc2ccc(Br)cc2)c(F)c1. The first kappa shape index (κ1) is 13.1. The molecule has 94 valence electrons. The summed E-state index contributed by atoms with van der Waals surface area (Å²) in [6, 6.07) is 11.8. The molecule has 0 aliphatic carbocycles. The highest BCUT2D eigenvalue weighted by molar-refractivity contribution is 9.10. The van der Waals surface area contributed by atoms with Crippen LogP contribution in [0.25, 0.3) is 0 Å². The highest BCUT2D eigenvalue weighted by Crippen LogP contribution is 2.27. The largest absolute Gasteiger partial charge is 0.454 e. The van der Waals surface area contributed by atoms with Gasteiger partial charge in [-0.1, -0.05) is 22.0 Å². The van der Waals surface area contributed by atoms with Crippen LogP contribution in [0.4, 0.5) is 4.39 Å². The highest BCUT2D eigenvalue weighted by atomic mass is 79.9. The van der Waals surface area contributed by atoms with Gasteiger partial charge < -0.3 is 10.5 Å². The van der Waals surface area contributed by atoms with E-state index in [1.165, 1.54) is 6.07 Å². The van der Waals surface area contributed by atoms with Crippen LogP contribution in [0.2, 0.25) is 0 Å². The average Bonchev–Trinajstić information content (AvgIpc) is 2.34. The zero-order valence-corrected chi connectivity index (χ0v) is 11.4. The maximum absolute atomic E-state index is 13.8. The van der Waals surface area contributed by atoms with Crippen molar-refractivity contribution in [2.75, 3.05) is 0 Å². The predicted molar refractivity (Wildman–Crippen MR) is 73.2 cm³/mol. The summed E-state index contributed by atoms with van der Waals surface area (Å²) in [6.45, 7) is 1.81. The van der Waals surface area contributed by atoms with Crippen molar-refractivity contribution in [3.8, 4) is 11.5 Å². The van der Waals surface area contributed by atoms with Gasteiger partial charge in [-0.2, -0.15) is 0 Å². The molecule has 0 fully saturated rings. The standard InChI is InChI=1S/C14H13BrFNO/c1-9(17)10-2-7-14(13(16)8-10)18-12-5-3-11(15)4-6-12/h2-9H,17H2,1H3. The first-order chi connectivity index (χ1) is 8.56. The molecule has 0 saturated heterocycles. The van der Waals surface area contributed by atoms with E-state index < -0.39 is 5.82 Å². The summed E-state index contributed by atoms with van der Waals surface area (Å²) in [7, 11) is 0. The molecule has 0 spiro atoms. The lowest BCUT2D eigenvalue weighted by atomic mass is 10.1. The molecule has 2 aromatic carbocycles. The van der Waals surface area contributed by atoms with Crippen LogP contribution in [-0.4, -0.2) is 0 Å². The van der Waals surface area contributed by atoms with E-state index in [2.05, 4.69) is 15.9 Å². The van der Waals surface area contributed by atoms with Gasteiger partial charge >= 0.3 is 0 Å².